The van der Waals surface area contributed by atoms with Crippen molar-refractivity contribution in [2.75, 3.05) is 0 Å². The summed E-state index contributed by atoms with van der Waals surface area (Å²) in [4.78, 5) is 25.0. The van der Waals surface area contributed by atoms with Crippen molar-refractivity contribution in [3.05, 3.63) is 18.4 Å². The van der Waals surface area contributed by atoms with Crippen molar-refractivity contribution >= 4 is 11.6 Å². The Balaban J connectivity index is 1.68. The predicted molar refractivity (Wildman–Crippen MR) is 94.3 cm³/mol. The molecule has 4 aliphatic carbocycles. The Labute approximate surface area is 145 Å². The molecule has 130 valence electrons. The van der Waals surface area contributed by atoms with E-state index in [1.165, 1.54) is 12.8 Å². The van der Waals surface area contributed by atoms with Gasteiger partial charge in [-0.2, -0.15) is 0 Å². The SMILES string of the molecule is C=C=CC1C(=O)CC[C@@]2(C)C1CC[C@@H]1[C@@H]2CC[C@]2(C)C(=O)CC[C@@H]12. The number of rotatable bonds is 1. The van der Waals surface area contributed by atoms with E-state index in [4.69, 9.17) is 0 Å². The fraction of sp³-hybridized carbons (Fsp3) is 0.773. The van der Waals surface area contributed by atoms with E-state index in [0.29, 0.717) is 41.7 Å². The van der Waals surface area contributed by atoms with Gasteiger partial charge in [0.25, 0.3) is 0 Å². The lowest BCUT2D eigenvalue weighted by Crippen LogP contribution is -2.55. The molecule has 0 aromatic heterocycles. The molecule has 0 bridgehead atoms. The molecule has 0 radical (unpaired) electrons. The zero-order valence-electron chi connectivity index (χ0n) is 15.1. The molecule has 4 aliphatic rings. The molecular weight excluding hydrogens is 296 g/mol. The quantitative estimate of drug-likeness (QED) is 0.653. The molecule has 2 heteroatoms. The summed E-state index contributed by atoms with van der Waals surface area (Å²) in [6.45, 7) is 8.41. The lowest BCUT2D eigenvalue weighted by atomic mass is 9.44. The molecule has 0 aromatic rings. The van der Waals surface area contributed by atoms with Crippen molar-refractivity contribution in [1.29, 1.82) is 0 Å². The highest BCUT2D eigenvalue weighted by Gasteiger charge is 2.61. The summed E-state index contributed by atoms with van der Waals surface area (Å²) in [5, 5.41) is 0. The number of carbonyl (C=O) groups is 2. The fourth-order valence-corrected chi connectivity index (χ4v) is 7.34. The molecule has 0 amide bonds. The largest absolute Gasteiger partial charge is 0.299 e. The number of hydrogen-bond acceptors (Lipinski definition) is 2. The van der Waals surface area contributed by atoms with E-state index >= 15 is 0 Å². The second kappa shape index (κ2) is 5.43. The molecule has 2 unspecified atom stereocenters. The van der Waals surface area contributed by atoms with Crippen LogP contribution in [-0.4, -0.2) is 11.6 Å². The summed E-state index contributed by atoms with van der Waals surface area (Å²) in [7, 11) is 0. The van der Waals surface area contributed by atoms with Crippen molar-refractivity contribution in [3.63, 3.8) is 0 Å². The number of carbonyl (C=O) groups excluding carboxylic acids is 2. The molecule has 24 heavy (non-hydrogen) atoms. The van der Waals surface area contributed by atoms with Crippen molar-refractivity contribution in [2.45, 2.75) is 65.2 Å². The van der Waals surface area contributed by atoms with Gasteiger partial charge in [-0.15, -0.1) is 5.73 Å². The third-order valence-corrected chi connectivity index (χ3v) is 8.66. The molecule has 4 rings (SSSR count). The van der Waals surface area contributed by atoms with E-state index in [0.717, 1.165) is 32.1 Å². The zero-order valence-corrected chi connectivity index (χ0v) is 15.1. The summed E-state index contributed by atoms with van der Waals surface area (Å²) >= 11 is 0. The number of hydrogen-bond donors (Lipinski definition) is 0. The van der Waals surface area contributed by atoms with Gasteiger partial charge in [0.05, 0.1) is 0 Å². The van der Waals surface area contributed by atoms with Crippen LogP contribution in [0, 0.1) is 40.4 Å². The van der Waals surface area contributed by atoms with Gasteiger partial charge >= 0.3 is 0 Å². The third-order valence-electron chi connectivity index (χ3n) is 8.66. The summed E-state index contributed by atoms with van der Waals surface area (Å²) in [5.41, 5.74) is 3.10. The molecule has 0 aromatic carbocycles. The first-order valence-electron chi connectivity index (χ1n) is 9.84. The lowest BCUT2D eigenvalue weighted by molar-refractivity contribution is -0.149. The van der Waals surface area contributed by atoms with Gasteiger partial charge in [0.15, 0.2) is 0 Å². The zero-order chi connectivity index (χ0) is 17.1. The summed E-state index contributed by atoms with van der Waals surface area (Å²) < 4.78 is 0. The second-order valence-corrected chi connectivity index (χ2v) is 9.35. The molecule has 0 spiro atoms. The van der Waals surface area contributed by atoms with Crippen LogP contribution in [0.3, 0.4) is 0 Å². The van der Waals surface area contributed by atoms with Gasteiger partial charge in [-0.25, -0.2) is 0 Å². The molecular formula is C22H30O2. The van der Waals surface area contributed by atoms with Crippen molar-refractivity contribution in [2.24, 2.45) is 40.4 Å². The minimum absolute atomic E-state index is 0.0284. The summed E-state index contributed by atoms with van der Waals surface area (Å²) in [5.74, 6) is 3.37. The topological polar surface area (TPSA) is 34.1 Å². The Morgan fingerprint density at radius 3 is 2.54 bits per heavy atom. The van der Waals surface area contributed by atoms with Crippen molar-refractivity contribution in [3.8, 4) is 0 Å². The van der Waals surface area contributed by atoms with Crippen LogP contribution < -0.4 is 0 Å². The average Bonchev–Trinajstić information content (AvgIpc) is 2.86. The minimum Gasteiger partial charge on any atom is -0.299 e. The van der Waals surface area contributed by atoms with Crippen LogP contribution in [0.25, 0.3) is 0 Å². The molecule has 0 aliphatic heterocycles. The number of allylic oxidation sites excluding steroid dienone is 1. The Kier molecular flexibility index (Phi) is 3.69. The molecule has 0 heterocycles. The van der Waals surface area contributed by atoms with Gasteiger partial charge in [0, 0.05) is 24.2 Å². The van der Waals surface area contributed by atoms with Gasteiger partial charge in [-0.3, -0.25) is 9.59 Å². The van der Waals surface area contributed by atoms with Crippen molar-refractivity contribution in [1.82, 2.24) is 0 Å². The van der Waals surface area contributed by atoms with Gasteiger partial charge in [-0.1, -0.05) is 20.4 Å². The molecule has 2 nitrogen and oxygen atoms in total. The van der Waals surface area contributed by atoms with Crippen LogP contribution in [0.4, 0.5) is 0 Å². The Morgan fingerprint density at radius 1 is 1.00 bits per heavy atom. The van der Waals surface area contributed by atoms with Crippen LogP contribution in [0.5, 0.6) is 0 Å². The second-order valence-electron chi connectivity index (χ2n) is 9.35. The maximum Gasteiger partial charge on any atom is 0.140 e. The Bertz CT molecular complexity index is 628. The number of Topliss-reactive ketones (excluding diaryl/α,β-unsaturated/α-hetero) is 2. The molecule has 0 saturated heterocycles. The van der Waals surface area contributed by atoms with Gasteiger partial charge in [0.2, 0.25) is 0 Å². The molecule has 0 N–H and O–H groups in total. The summed E-state index contributed by atoms with van der Waals surface area (Å²) in [6, 6.07) is 0. The smallest absolute Gasteiger partial charge is 0.140 e. The highest BCUT2D eigenvalue weighted by molar-refractivity contribution is 5.87. The molecule has 7 atom stereocenters. The first kappa shape index (κ1) is 16.3. The Hall–Kier alpha value is -1.14. The Morgan fingerprint density at radius 2 is 1.79 bits per heavy atom. The minimum atomic E-state index is -0.0464. The highest BCUT2D eigenvalue weighted by Crippen LogP contribution is 2.65. The first-order chi connectivity index (χ1) is 11.4. The van der Waals surface area contributed by atoms with Crippen LogP contribution in [0.1, 0.15) is 65.2 Å². The van der Waals surface area contributed by atoms with Gasteiger partial charge < -0.3 is 0 Å². The normalized spacial score (nSPS) is 50.5. The van der Waals surface area contributed by atoms with E-state index in [1.807, 2.05) is 6.08 Å². The van der Waals surface area contributed by atoms with E-state index in [1.54, 1.807) is 0 Å². The van der Waals surface area contributed by atoms with E-state index in [-0.39, 0.29) is 16.7 Å². The fourth-order valence-electron chi connectivity index (χ4n) is 7.34. The van der Waals surface area contributed by atoms with Gasteiger partial charge in [0.1, 0.15) is 11.6 Å². The van der Waals surface area contributed by atoms with E-state index in [9.17, 15) is 9.59 Å². The first-order valence-corrected chi connectivity index (χ1v) is 9.84. The van der Waals surface area contributed by atoms with Crippen LogP contribution in [-0.2, 0) is 9.59 Å². The molecule has 4 fully saturated rings. The maximum absolute atomic E-state index is 12.5. The van der Waals surface area contributed by atoms with Crippen LogP contribution in [0.2, 0.25) is 0 Å². The number of ketones is 2. The van der Waals surface area contributed by atoms with E-state index < -0.39 is 0 Å². The standard InChI is InChI=1S/C22H30O2/c1-4-5-15-17-7-6-14-16-8-9-20(24)22(16,3)12-10-18(14)21(17,2)13-11-19(15)23/h5,14-18H,1,6-13H2,2-3H3/t14-,15?,16-,17?,18-,21-,22-/m0/s1. The van der Waals surface area contributed by atoms with Crippen molar-refractivity contribution < 1.29 is 9.59 Å². The maximum atomic E-state index is 12.5. The lowest BCUT2D eigenvalue weighted by Gasteiger charge is -2.60. The third kappa shape index (κ3) is 2.02. The summed E-state index contributed by atoms with van der Waals surface area (Å²) in [6.07, 6.45) is 10.2. The van der Waals surface area contributed by atoms with E-state index in [2.05, 4.69) is 26.2 Å². The predicted octanol–water partition coefficient (Wildman–Crippen LogP) is 4.73. The molecule has 4 saturated carbocycles. The van der Waals surface area contributed by atoms with Crippen LogP contribution >= 0.6 is 0 Å². The van der Waals surface area contributed by atoms with Gasteiger partial charge in [-0.05, 0) is 73.7 Å². The van der Waals surface area contributed by atoms with Crippen LogP contribution in [0.15, 0.2) is 18.4 Å². The monoisotopic (exact) mass is 326 g/mol. The highest BCUT2D eigenvalue weighted by atomic mass is 16.1. The number of fused-ring (bicyclic) bond motifs is 5. The average molecular weight is 326 g/mol.